The number of ether oxygens (including phenoxy) is 1. The maximum absolute atomic E-state index is 11.7. The molecule has 0 aromatic heterocycles. The predicted octanol–water partition coefficient (Wildman–Crippen LogP) is 2.12. The molecule has 0 heterocycles. The van der Waals surface area contributed by atoms with Crippen molar-refractivity contribution in [3.05, 3.63) is 23.8 Å². The largest absolute Gasteiger partial charge is 0.508 e. The Balaban J connectivity index is 2.91. The SMILES string of the molecule is CC(C)(C)OC(=O)Nc1ccc(O)cc1C(O)CCN. The van der Waals surface area contributed by atoms with Crippen LogP contribution in [0.2, 0.25) is 0 Å². The van der Waals surface area contributed by atoms with E-state index in [0.717, 1.165) is 0 Å². The molecule has 1 aromatic rings. The van der Waals surface area contributed by atoms with E-state index in [0.29, 0.717) is 24.2 Å². The molecular weight excluding hydrogens is 260 g/mol. The van der Waals surface area contributed by atoms with Crippen molar-refractivity contribution < 1.29 is 19.7 Å². The van der Waals surface area contributed by atoms with E-state index in [1.807, 2.05) is 0 Å². The first-order valence-electron chi connectivity index (χ1n) is 6.44. The van der Waals surface area contributed by atoms with Crippen LogP contribution in [0.4, 0.5) is 10.5 Å². The summed E-state index contributed by atoms with van der Waals surface area (Å²) in [5.74, 6) is 0.00538. The van der Waals surface area contributed by atoms with Crippen LogP contribution in [0.15, 0.2) is 18.2 Å². The van der Waals surface area contributed by atoms with E-state index < -0.39 is 17.8 Å². The molecule has 0 bridgehead atoms. The number of hydrogen-bond donors (Lipinski definition) is 4. The second-order valence-corrected chi connectivity index (χ2v) is 5.49. The van der Waals surface area contributed by atoms with E-state index in [4.69, 9.17) is 10.5 Å². The molecule has 112 valence electrons. The van der Waals surface area contributed by atoms with Crippen LogP contribution in [-0.4, -0.2) is 28.5 Å². The van der Waals surface area contributed by atoms with E-state index >= 15 is 0 Å². The number of carbonyl (C=O) groups is 1. The minimum Gasteiger partial charge on any atom is -0.508 e. The lowest BCUT2D eigenvalue weighted by atomic mass is 10.0. The van der Waals surface area contributed by atoms with Gasteiger partial charge in [-0.25, -0.2) is 4.79 Å². The fourth-order valence-corrected chi connectivity index (χ4v) is 1.67. The molecule has 1 aromatic carbocycles. The van der Waals surface area contributed by atoms with Crippen LogP contribution >= 0.6 is 0 Å². The molecule has 0 saturated heterocycles. The molecule has 0 aliphatic rings. The molecule has 0 fully saturated rings. The summed E-state index contributed by atoms with van der Waals surface area (Å²) in [6.45, 7) is 5.57. The Hall–Kier alpha value is -1.79. The summed E-state index contributed by atoms with van der Waals surface area (Å²) in [4.78, 5) is 11.7. The third kappa shape index (κ3) is 5.07. The Labute approximate surface area is 118 Å². The average molecular weight is 282 g/mol. The van der Waals surface area contributed by atoms with Crippen LogP contribution in [0.5, 0.6) is 5.75 Å². The van der Waals surface area contributed by atoms with Crippen LogP contribution < -0.4 is 11.1 Å². The van der Waals surface area contributed by atoms with Gasteiger partial charge in [-0.2, -0.15) is 0 Å². The highest BCUT2D eigenvalue weighted by molar-refractivity contribution is 5.86. The molecule has 20 heavy (non-hydrogen) atoms. The number of aliphatic hydroxyl groups is 1. The highest BCUT2D eigenvalue weighted by Gasteiger charge is 2.19. The first-order valence-corrected chi connectivity index (χ1v) is 6.44. The lowest BCUT2D eigenvalue weighted by molar-refractivity contribution is 0.0635. The highest BCUT2D eigenvalue weighted by Crippen LogP contribution is 2.29. The Morgan fingerprint density at radius 2 is 2.10 bits per heavy atom. The summed E-state index contributed by atoms with van der Waals surface area (Å²) >= 11 is 0. The summed E-state index contributed by atoms with van der Waals surface area (Å²) in [6, 6.07) is 4.33. The maximum Gasteiger partial charge on any atom is 0.412 e. The second-order valence-electron chi connectivity index (χ2n) is 5.49. The van der Waals surface area contributed by atoms with Gasteiger partial charge >= 0.3 is 6.09 Å². The zero-order valence-corrected chi connectivity index (χ0v) is 12.0. The molecule has 1 unspecified atom stereocenters. The van der Waals surface area contributed by atoms with Crippen molar-refractivity contribution in [2.45, 2.75) is 38.9 Å². The number of aromatic hydroxyl groups is 1. The fraction of sp³-hybridized carbons (Fsp3) is 0.500. The van der Waals surface area contributed by atoms with Gasteiger partial charge in [-0.3, -0.25) is 5.32 Å². The summed E-state index contributed by atoms with van der Waals surface area (Å²) in [7, 11) is 0. The van der Waals surface area contributed by atoms with Gasteiger partial charge in [0.1, 0.15) is 11.4 Å². The van der Waals surface area contributed by atoms with Crippen molar-refractivity contribution in [1.82, 2.24) is 0 Å². The van der Waals surface area contributed by atoms with Crippen molar-refractivity contribution in [2.75, 3.05) is 11.9 Å². The van der Waals surface area contributed by atoms with Gasteiger partial charge in [0.2, 0.25) is 0 Å². The Morgan fingerprint density at radius 3 is 2.65 bits per heavy atom. The maximum atomic E-state index is 11.7. The van der Waals surface area contributed by atoms with Gasteiger partial charge in [0, 0.05) is 5.56 Å². The molecule has 1 amide bonds. The zero-order chi connectivity index (χ0) is 15.3. The summed E-state index contributed by atoms with van der Waals surface area (Å²) in [5, 5.41) is 22.0. The monoisotopic (exact) mass is 282 g/mol. The summed E-state index contributed by atoms with van der Waals surface area (Å²) in [6.07, 6.45) is -1.16. The van der Waals surface area contributed by atoms with E-state index in [-0.39, 0.29) is 5.75 Å². The van der Waals surface area contributed by atoms with Gasteiger partial charge in [0.05, 0.1) is 11.8 Å². The minimum absolute atomic E-state index is 0.00538. The van der Waals surface area contributed by atoms with Crippen molar-refractivity contribution in [3.63, 3.8) is 0 Å². The van der Waals surface area contributed by atoms with Crippen LogP contribution in [-0.2, 0) is 4.74 Å². The number of rotatable bonds is 4. The number of anilines is 1. The van der Waals surface area contributed by atoms with Gasteiger partial charge in [-0.05, 0) is 51.9 Å². The number of phenolic OH excluding ortho intramolecular Hbond substituents is 1. The lowest BCUT2D eigenvalue weighted by Gasteiger charge is -2.21. The van der Waals surface area contributed by atoms with E-state index in [1.54, 1.807) is 20.8 Å². The lowest BCUT2D eigenvalue weighted by Crippen LogP contribution is -2.27. The zero-order valence-electron chi connectivity index (χ0n) is 12.0. The first-order chi connectivity index (χ1) is 9.23. The third-order valence-corrected chi connectivity index (χ3v) is 2.47. The summed E-state index contributed by atoms with van der Waals surface area (Å²) < 4.78 is 5.15. The highest BCUT2D eigenvalue weighted by atomic mass is 16.6. The van der Waals surface area contributed by atoms with Gasteiger partial charge in [-0.1, -0.05) is 0 Å². The minimum atomic E-state index is -0.864. The predicted molar refractivity (Wildman–Crippen MR) is 76.6 cm³/mol. The molecule has 6 nitrogen and oxygen atoms in total. The van der Waals surface area contributed by atoms with Crippen molar-refractivity contribution >= 4 is 11.8 Å². The van der Waals surface area contributed by atoms with Crippen LogP contribution in [0.3, 0.4) is 0 Å². The smallest absolute Gasteiger partial charge is 0.412 e. The number of aliphatic hydroxyl groups excluding tert-OH is 1. The van der Waals surface area contributed by atoms with Gasteiger partial charge in [0.25, 0.3) is 0 Å². The molecule has 0 saturated carbocycles. The van der Waals surface area contributed by atoms with E-state index in [1.165, 1.54) is 18.2 Å². The van der Waals surface area contributed by atoms with Crippen LogP contribution in [0.25, 0.3) is 0 Å². The Bertz CT molecular complexity index is 469. The molecule has 0 radical (unpaired) electrons. The normalized spacial score (nSPS) is 12.8. The number of carbonyl (C=O) groups excluding carboxylic acids is 1. The standard InChI is InChI=1S/C14H22N2O4/c1-14(2,3)20-13(19)16-11-5-4-9(17)8-10(11)12(18)6-7-15/h4-5,8,12,17-18H,6-7,15H2,1-3H3,(H,16,19). The topological polar surface area (TPSA) is 105 Å². The van der Waals surface area contributed by atoms with E-state index in [2.05, 4.69) is 5.32 Å². The van der Waals surface area contributed by atoms with Gasteiger partial charge < -0.3 is 20.7 Å². The molecule has 1 atom stereocenters. The Kier molecular flexibility index (Phi) is 5.35. The molecular formula is C14H22N2O4. The van der Waals surface area contributed by atoms with Gasteiger partial charge in [-0.15, -0.1) is 0 Å². The molecule has 5 N–H and O–H groups in total. The summed E-state index contributed by atoms with van der Waals surface area (Å²) in [5.41, 5.74) is 5.58. The number of phenols is 1. The van der Waals surface area contributed by atoms with Crippen LogP contribution in [0.1, 0.15) is 38.9 Å². The first kappa shape index (κ1) is 16.3. The second kappa shape index (κ2) is 6.58. The van der Waals surface area contributed by atoms with E-state index in [9.17, 15) is 15.0 Å². The fourth-order valence-electron chi connectivity index (χ4n) is 1.67. The molecule has 0 spiro atoms. The molecule has 1 rings (SSSR count). The molecule has 0 aliphatic carbocycles. The van der Waals surface area contributed by atoms with Crippen molar-refractivity contribution in [1.29, 1.82) is 0 Å². The average Bonchev–Trinajstić information content (AvgIpc) is 2.29. The van der Waals surface area contributed by atoms with Gasteiger partial charge in [0.15, 0.2) is 0 Å². The van der Waals surface area contributed by atoms with Crippen molar-refractivity contribution in [2.24, 2.45) is 5.73 Å². The number of nitrogens with one attached hydrogen (secondary N) is 1. The quantitative estimate of drug-likeness (QED) is 0.633. The van der Waals surface area contributed by atoms with Crippen molar-refractivity contribution in [3.8, 4) is 5.75 Å². The Morgan fingerprint density at radius 1 is 1.45 bits per heavy atom. The number of hydrogen-bond acceptors (Lipinski definition) is 5. The number of nitrogens with two attached hydrogens (primary N) is 1. The molecule has 6 heteroatoms. The molecule has 0 aliphatic heterocycles. The number of amides is 1. The number of benzene rings is 1. The van der Waals surface area contributed by atoms with Crippen LogP contribution in [0, 0.1) is 0 Å². The third-order valence-electron chi connectivity index (χ3n) is 2.47.